The van der Waals surface area contributed by atoms with E-state index in [9.17, 15) is 0 Å². The van der Waals surface area contributed by atoms with Crippen LogP contribution in [0.4, 0.5) is 5.69 Å². The summed E-state index contributed by atoms with van der Waals surface area (Å²) in [5, 5.41) is 0.638. The molecule has 0 radical (unpaired) electrons. The Labute approximate surface area is 109 Å². The van der Waals surface area contributed by atoms with Crippen molar-refractivity contribution < 1.29 is 4.74 Å². The summed E-state index contributed by atoms with van der Waals surface area (Å²) in [5.74, 6) is 0.799. The number of hydrogen-bond acceptors (Lipinski definition) is 4. The summed E-state index contributed by atoms with van der Waals surface area (Å²) >= 11 is 1.50. The lowest BCUT2D eigenvalue weighted by Gasteiger charge is -2.00. The molecule has 0 aliphatic heterocycles. The molecular formula is C14H12N2OS. The Balaban J connectivity index is 1.92. The molecule has 0 atom stereocenters. The number of thiazole rings is 1. The van der Waals surface area contributed by atoms with Crippen LogP contribution in [0.1, 0.15) is 5.56 Å². The average molecular weight is 256 g/mol. The Hall–Kier alpha value is -2.07. The molecule has 2 N–H and O–H groups in total. The van der Waals surface area contributed by atoms with Crippen LogP contribution < -0.4 is 10.5 Å². The van der Waals surface area contributed by atoms with Crippen molar-refractivity contribution in [1.82, 2.24) is 4.98 Å². The molecule has 18 heavy (non-hydrogen) atoms. The third-order valence-electron chi connectivity index (χ3n) is 2.62. The highest BCUT2D eigenvalue weighted by molar-refractivity contribution is 7.20. The van der Waals surface area contributed by atoms with Crippen LogP contribution in [0, 0.1) is 6.92 Å². The van der Waals surface area contributed by atoms with Gasteiger partial charge in [0.1, 0.15) is 5.75 Å². The van der Waals surface area contributed by atoms with E-state index < -0.39 is 0 Å². The third kappa shape index (κ3) is 2.15. The van der Waals surface area contributed by atoms with Crippen molar-refractivity contribution in [3.05, 3.63) is 48.0 Å². The van der Waals surface area contributed by atoms with E-state index in [-0.39, 0.29) is 0 Å². The van der Waals surface area contributed by atoms with Crippen LogP contribution in [0.5, 0.6) is 10.9 Å². The minimum Gasteiger partial charge on any atom is -0.431 e. The summed E-state index contributed by atoms with van der Waals surface area (Å²) < 4.78 is 6.76. The van der Waals surface area contributed by atoms with Gasteiger partial charge < -0.3 is 10.5 Å². The molecule has 90 valence electrons. The Bertz CT molecular complexity index is 689. The van der Waals surface area contributed by atoms with Gasteiger partial charge in [-0.3, -0.25) is 0 Å². The maximum atomic E-state index is 5.74. The molecule has 3 rings (SSSR count). The molecule has 3 nitrogen and oxygen atoms in total. The second-order valence-electron chi connectivity index (χ2n) is 4.12. The summed E-state index contributed by atoms with van der Waals surface area (Å²) in [6.07, 6.45) is 0. The Morgan fingerprint density at radius 2 is 1.89 bits per heavy atom. The maximum Gasteiger partial charge on any atom is 0.279 e. The smallest absolute Gasteiger partial charge is 0.279 e. The first kappa shape index (κ1) is 11.0. The van der Waals surface area contributed by atoms with Gasteiger partial charge >= 0.3 is 0 Å². The van der Waals surface area contributed by atoms with Crippen molar-refractivity contribution in [1.29, 1.82) is 0 Å². The standard InChI is InChI=1S/C14H12N2OS/c1-9-2-5-11(6-3-9)17-14-16-12-7-4-10(15)8-13(12)18-14/h2-8H,15H2,1H3. The zero-order valence-electron chi connectivity index (χ0n) is 9.88. The summed E-state index contributed by atoms with van der Waals surface area (Å²) in [4.78, 5) is 4.41. The number of hydrogen-bond donors (Lipinski definition) is 1. The van der Waals surface area contributed by atoms with Gasteiger partial charge in [-0.05, 0) is 37.3 Å². The summed E-state index contributed by atoms with van der Waals surface area (Å²) in [6, 6.07) is 13.6. The van der Waals surface area contributed by atoms with E-state index in [1.54, 1.807) is 0 Å². The highest BCUT2D eigenvalue weighted by Crippen LogP contribution is 2.32. The summed E-state index contributed by atoms with van der Waals surface area (Å²) in [7, 11) is 0. The number of ether oxygens (including phenoxy) is 1. The lowest BCUT2D eigenvalue weighted by Crippen LogP contribution is -1.83. The average Bonchev–Trinajstić information content (AvgIpc) is 2.73. The highest BCUT2D eigenvalue weighted by atomic mass is 32.1. The van der Waals surface area contributed by atoms with Crippen molar-refractivity contribution >= 4 is 27.2 Å². The number of anilines is 1. The predicted molar refractivity (Wildman–Crippen MR) is 75.3 cm³/mol. The topological polar surface area (TPSA) is 48.1 Å². The molecule has 0 spiro atoms. The number of nitrogens with two attached hydrogens (primary N) is 1. The minimum atomic E-state index is 0.638. The molecule has 2 aromatic carbocycles. The van der Waals surface area contributed by atoms with E-state index in [2.05, 4.69) is 4.98 Å². The number of nitrogen functional groups attached to an aromatic ring is 1. The predicted octanol–water partition coefficient (Wildman–Crippen LogP) is 3.98. The van der Waals surface area contributed by atoms with E-state index in [1.807, 2.05) is 49.4 Å². The number of aryl methyl sites for hydroxylation is 1. The van der Waals surface area contributed by atoms with Crippen LogP contribution in [0.15, 0.2) is 42.5 Å². The first-order valence-electron chi connectivity index (χ1n) is 5.61. The fourth-order valence-electron chi connectivity index (χ4n) is 1.67. The second-order valence-corrected chi connectivity index (χ2v) is 5.12. The van der Waals surface area contributed by atoms with E-state index in [0.29, 0.717) is 5.19 Å². The summed E-state index contributed by atoms with van der Waals surface area (Å²) in [6.45, 7) is 2.05. The molecular weight excluding hydrogens is 244 g/mol. The van der Waals surface area contributed by atoms with Gasteiger partial charge in [-0.15, -0.1) is 0 Å². The van der Waals surface area contributed by atoms with Crippen molar-refractivity contribution in [2.75, 3.05) is 5.73 Å². The first-order chi connectivity index (χ1) is 8.70. The minimum absolute atomic E-state index is 0.638. The highest BCUT2D eigenvalue weighted by Gasteiger charge is 2.06. The second kappa shape index (κ2) is 4.31. The zero-order valence-corrected chi connectivity index (χ0v) is 10.7. The lowest BCUT2D eigenvalue weighted by molar-refractivity contribution is 0.480. The van der Waals surface area contributed by atoms with Crippen LogP contribution in [0.2, 0.25) is 0 Å². The Kier molecular flexibility index (Phi) is 2.64. The third-order valence-corrected chi connectivity index (χ3v) is 3.52. The monoisotopic (exact) mass is 256 g/mol. The van der Waals surface area contributed by atoms with Gasteiger partial charge in [-0.2, -0.15) is 0 Å². The number of rotatable bonds is 2. The number of benzene rings is 2. The van der Waals surface area contributed by atoms with Crippen LogP contribution in [0.25, 0.3) is 10.2 Å². The normalized spacial score (nSPS) is 10.7. The Morgan fingerprint density at radius 1 is 1.11 bits per heavy atom. The van der Waals surface area contributed by atoms with Gasteiger partial charge in [-0.25, -0.2) is 4.98 Å². The number of aromatic nitrogens is 1. The molecule has 0 saturated heterocycles. The van der Waals surface area contributed by atoms with Gasteiger partial charge in [0.05, 0.1) is 10.2 Å². The van der Waals surface area contributed by atoms with Gasteiger partial charge in [0.25, 0.3) is 5.19 Å². The fraction of sp³-hybridized carbons (Fsp3) is 0.0714. The van der Waals surface area contributed by atoms with Crippen LogP contribution in [-0.4, -0.2) is 4.98 Å². The Morgan fingerprint density at radius 3 is 2.67 bits per heavy atom. The molecule has 0 saturated carbocycles. The number of nitrogens with zero attached hydrogens (tertiary/aromatic N) is 1. The van der Waals surface area contributed by atoms with Gasteiger partial charge in [0.15, 0.2) is 0 Å². The van der Waals surface area contributed by atoms with E-state index in [4.69, 9.17) is 10.5 Å². The molecule has 0 aliphatic rings. The largest absolute Gasteiger partial charge is 0.431 e. The van der Waals surface area contributed by atoms with Gasteiger partial charge in [0, 0.05) is 5.69 Å². The van der Waals surface area contributed by atoms with Crippen LogP contribution in [-0.2, 0) is 0 Å². The molecule has 4 heteroatoms. The summed E-state index contributed by atoms with van der Waals surface area (Å²) in [5.41, 5.74) is 8.61. The zero-order chi connectivity index (χ0) is 12.5. The van der Waals surface area contributed by atoms with Crippen molar-refractivity contribution in [3.63, 3.8) is 0 Å². The maximum absolute atomic E-state index is 5.74. The number of fused-ring (bicyclic) bond motifs is 1. The SMILES string of the molecule is Cc1ccc(Oc2nc3ccc(N)cc3s2)cc1. The molecule has 0 unspecified atom stereocenters. The molecule has 1 aromatic heterocycles. The van der Waals surface area contributed by atoms with Crippen molar-refractivity contribution in [2.24, 2.45) is 0 Å². The van der Waals surface area contributed by atoms with Crippen LogP contribution in [0.3, 0.4) is 0 Å². The fourth-order valence-corrected chi connectivity index (χ4v) is 2.55. The van der Waals surface area contributed by atoms with Crippen LogP contribution >= 0.6 is 11.3 Å². The van der Waals surface area contributed by atoms with Gasteiger partial charge in [0.2, 0.25) is 0 Å². The lowest BCUT2D eigenvalue weighted by atomic mass is 10.2. The molecule has 1 heterocycles. The van der Waals surface area contributed by atoms with E-state index in [1.165, 1.54) is 16.9 Å². The van der Waals surface area contributed by atoms with E-state index in [0.717, 1.165) is 21.7 Å². The molecule has 0 amide bonds. The quantitative estimate of drug-likeness (QED) is 0.705. The molecule has 3 aromatic rings. The van der Waals surface area contributed by atoms with Gasteiger partial charge in [-0.1, -0.05) is 29.0 Å². The molecule has 0 bridgehead atoms. The molecule has 0 aliphatic carbocycles. The van der Waals surface area contributed by atoms with E-state index >= 15 is 0 Å². The first-order valence-corrected chi connectivity index (χ1v) is 6.43. The van der Waals surface area contributed by atoms with Crippen molar-refractivity contribution in [2.45, 2.75) is 6.92 Å². The molecule has 0 fully saturated rings. The van der Waals surface area contributed by atoms with Crippen molar-refractivity contribution in [3.8, 4) is 10.9 Å².